The summed E-state index contributed by atoms with van der Waals surface area (Å²) < 4.78 is 33.8. The predicted octanol–water partition coefficient (Wildman–Crippen LogP) is 0.517. The van der Waals surface area contributed by atoms with Crippen LogP contribution in [-0.2, 0) is 19.0 Å². The van der Waals surface area contributed by atoms with Crippen LogP contribution in [0.25, 0.3) is 11.1 Å². The largest absolute Gasteiger partial charge is 0.481 e. The van der Waals surface area contributed by atoms with Gasteiger partial charge < -0.3 is 44.7 Å². The van der Waals surface area contributed by atoms with Crippen molar-refractivity contribution < 1.29 is 58.1 Å². The lowest BCUT2D eigenvalue weighted by atomic mass is 9.99. The Morgan fingerprint density at radius 2 is 1.64 bits per heavy atom. The molecule has 3 rings (SSSR count). The third-order valence-electron chi connectivity index (χ3n) is 5.87. The minimum absolute atomic E-state index is 0.0116. The lowest BCUT2D eigenvalue weighted by Crippen LogP contribution is -2.59. The molecule has 13 heteroatoms. The molecule has 0 unspecified atom stereocenters. The molecular weight excluding hydrogens is 521 g/mol. The summed E-state index contributed by atoms with van der Waals surface area (Å²) in [6, 6.07) is 10.7. The van der Waals surface area contributed by atoms with Gasteiger partial charge in [-0.1, -0.05) is 12.1 Å². The van der Waals surface area contributed by atoms with Crippen molar-refractivity contribution in [1.82, 2.24) is 5.32 Å². The highest BCUT2D eigenvalue weighted by molar-refractivity contribution is 5.99. The van der Waals surface area contributed by atoms with Gasteiger partial charge >= 0.3 is 11.9 Å². The monoisotopic (exact) mass is 551 g/mol. The van der Waals surface area contributed by atoms with Gasteiger partial charge in [-0.15, -0.1) is 0 Å². The number of halogens is 1. The lowest BCUT2D eigenvalue weighted by molar-refractivity contribution is -0.274. The quantitative estimate of drug-likeness (QED) is 0.183. The van der Waals surface area contributed by atoms with Gasteiger partial charge in [-0.3, -0.25) is 9.59 Å². The van der Waals surface area contributed by atoms with E-state index in [1.807, 2.05) is 0 Å². The van der Waals surface area contributed by atoms with Gasteiger partial charge in [0.25, 0.3) is 5.91 Å². The molecule has 39 heavy (non-hydrogen) atoms. The van der Waals surface area contributed by atoms with Crippen LogP contribution in [0, 0.1) is 0 Å². The number of ether oxygens (including phenoxy) is 4. The Hall–Kier alpha value is -3.62. The van der Waals surface area contributed by atoms with E-state index in [9.17, 15) is 34.1 Å². The number of hydrogen-bond acceptors (Lipinski definition) is 10. The van der Waals surface area contributed by atoms with Gasteiger partial charge in [0, 0.05) is 12.1 Å². The molecule has 0 aliphatic carbocycles. The molecule has 1 aliphatic heterocycles. The van der Waals surface area contributed by atoms with Crippen LogP contribution < -0.4 is 10.1 Å². The number of rotatable bonds is 12. The van der Waals surface area contributed by atoms with E-state index >= 15 is 0 Å². The second-order valence-corrected chi connectivity index (χ2v) is 8.61. The second kappa shape index (κ2) is 14.0. The van der Waals surface area contributed by atoms with Gasteiger partial charge in [0.05, 0.1) is 32.3 Å². The van der Waals surface area contributed by atoms with E-state index in [0.29, 0.717) is 11.1 Å². The average Bonchev–Trinajstić information content (AvgIpc) is 2.94. The molecule has 5 atom stereocenters. The van der Waals surface area contributed by atoms with Crippen LogP contribution in [0.15, 0.2) is 42.5 Å². The number of methoxy groups -OCH3 is 1. The van der Waals surface area contributed by atoms with Crippen molar-refractivity contribution >= 4 is 17.8 Å². The smallest absolute Gasteiger partial charge is 0.337 e. The third kappa shape index (κ3) is 7.94. The van der Waals surface area contributed by atoms with Gasteiger partial charge in [-0.05, 0) is 41.5 Å². The molecule has 1 fully saturated rings. The van der Waals surface area contributed by atoms with E-state index in [1.54, 1.807) is 18.2 Å². The fraction of sp³-hybridized carbons (Fsp3) is 0.423. The first-order valence-electron chi connectivity index (χ1n) is 12.0. The Morgan fingerprint density at radius 1 is 0.949 bits per heavy atom. The number of aliphatic carboxylic acids is 1. The van der Waals surface area contributed by atoms with E-state index < -0.39 is 55.2 Å². The molecule has 0 spiro atoms. The van der Waals surface area contributed by atoms with Crippen molar-refractivity contribution in [2.75, 3.05) is 33.5 Å². The molecule has 0 bridgehead atoms. The summed E-state index contributed by atoms with van der Waals surface area (Å²) >= 11 is 0. The van der Waals surface area contributed by atoms with Gasteiger partial charge in [-0.25, -0.2) is 9.18 Å². The summed E-state index contributed by atoms with van der Waals surface area (Å²) in [6.07, 6.45) is -7.84. The molecule has 2 aromatic rings. The number of carbonyl (C=O) groups excluding carboxylic acids is 2. The summed E-state index contributed by atoms with van der Waals surface area (Å²) in [5, 5.41) is 41.1. The number of alkyl halides is 1. The number of carboxylic acids is 1. The Balaban J connectivity index is 1.72. The number of esters is 1. The predicted molar refractivity (Wildman–Crippen MR) is 132 cm³/mol. The van der Waals surface area contributed by atoms with E-state index in [0.717, 1.165) is 0 Å². The zero-order valence-electron chi connectivity index (χ0n) is 21.0. The highest BCUT2D eigenvalue weighted by Gasteiger charge is 2.45. The first-order chi connectivity index (χ1) is 18.6. The minimum atomic E-state index is -1.66. The second-order valence-electron chi connectivity index (χ2n) is 8.61. The average molecular weight is 552 g/mol. The fourth-order valence-electron chi connectivity index (χ4n) is 3.76. The number of aliphatic hydroxyl groups excluding tert-OH is 3. The molecule has 1 saturated heterocycles. The molecule has 1 amide bonds. The van der Waals surface area contributed by atoms with Crippen LogP contribution >= 0.6 is 0 Å². The summed E-state index contributed by atoms with van der Waals surface area (Å²) in [5.41, 5.74) is 1.38. The SMILES string of the molecule is COC(=O)c1cc(C(=O)NCCOCCC(=O)O)cc(-c2ccc(O[C@H]3O[C@H](CF)[C@@H](O)[C@H](O)[C@@H]3O)cc2)c1. The standard InChI is InChI=1S/C26H30FNO11/c1-36-25(35)17-11-15(10-16(12-17)24(34)28-7-9-37-8-6-20(29)30)14-2-4-18(5-3-14)38-26-23(33)22(32)21(31)19(13-27)39-26/h2-5,10-12,19,21-23,26,31-33H,6-9,13H2,1H3,(H,28,34)(H,29,30)/t19-,21-,22+,23+,26+/m1/s1. The maximum absolute atomic E-state index is 13.1. The number of carbonyl (C=O) groups is 3. The first kappa shape index (κ1) is 29.9. The highest BCUT2D eigenvalue weighted by Crippen LogP contribution is 2.28. The van der Waals surface area contributed by atoms with Crippen LogP contribution in [0.2, 0.25) is 0 Å². The molecule has 5 N–H and O–H groups in total. The summed E-state index contributed by atoms with van der Waals surface area (Å²) in [5.74, 6) is -1.94. The number of hydrogen-bond donors (Lipinski definition) is 5. The molecule has 1 heterocycles. The summed E-state index contributed by atoms with van der Waals surface area (Å²) in [7, 11) is 1.21. The Bertz CT molecular complexity index is 1140. The van der Waals surface area contributed by atoms with Crippen molar-refractivity contribution in [1.29, 1.82) is 0 Å². The van der Waals surface area contributed by atoms with Crippen molar-refractivity contribution in [3.05, 3.63) is 53.6 Å². The van der Waals surface area contributed by atoms with E-state index in [1.165, 1.54) is 31.4 Å². The number of amides is 1. The Labute approximate surface area is 222 Å². The minimum Gasteiger partial charge on any atom is -0.481 e. The highest BCUT2D eigenvalue weighted by atomic mass is 19.1. The molecule has 1 aliphatic rings. The molecule has 0 saturated carbocycles. The maximum atomic E-state index is 13.1. The Morgan fingerprint density at radius 3 is 2.28 bits per heavy atom. The van der Waals surface area contributed by atoms with Crippen molar-refractivity contribution in [3.8, 4) is 16.9 Å². The van der Waals surface area contributed by atoms with Gasteiger partial charge in [0.1, 0.15) is 36.8 Å². The first-order valence-corrected chi connectivity index (χ1v) is 12.0. The zero-order chi connectivity index (χ0) is 28.5. The molecular formula is C26H30FNO11. The van der Waals surface area contributed by atoms with Crippen molar-refractivity contribution in [2.24, 2.45) is 0 Å². The topological polar surface area (TPSA) is 181 Å². The van der Waals surface area contributed by atoms with Crippen LogP contribution in [0.5, 0.6) is 5.75 Å². The fourth-order valence-corrected chi connectivity index (χ4v) is 3.76. The van der Waals surface area contributed by atoms with Crippen LogP contribution in [0.3, 0.4) is 0 Å². The number of aliphatic hydroxyl groups is 3. The van der Waals surface area contributed by atoms with E-state index in [-0.39, 0.29) is 43.1 Å². The summed E-state index contributed by atoms with van der Waals surface area (Å²) in [6.45, 7) is -0.858. The van der Waals surface area contributed by atoms with E-state index in [4.69, 9.17) is 24.1 Å². The Kier molecular flexibility index (Phi) is 10.7. The van der Waals surface area contributed by atoms with Gasteiger partial charge in [-0.2, -0.15) is 0 Å². The molecule has 0 radical (unpaired) electrons. The van der Waals surface area contributed by atoms with E-state index in [2.05, 4.69) is 5.32 Å². The van der Waals surface area contributed by atoms with Gasteiger partial charge in [0.15, 0.2) is 0 Å². The molecule has 0 aromatic heterocycles. The zero-order valence-corrected chi connectivity index (χ0v) is 21.0. The van der Waals surface area contributed by atoms with Crippen LogP contribution in [-0.4, -0.2) is 103 Å². The van der Waals surface area contributed by atoms with Crippen molar-refractivity contribution in [2.45, 2.75) is 37.1 Å². The van der Waals surface area contributed by atoms with Crippen LogP contribution in [0.1, 0.15) is 27.1 Å². The normalized spacial score (nSPS) is 22.6. The van der Waals surface area contributed by atoms with Crippen LogP contribution in [0.4, 0.5) is 4.39 Å². The van der Waals surface area contributed by atoms with Gasteiger partial charge in [0.2, 0.25) is 6.29 Å². The third-order valence-corrected chi connectivity index (χ3v) is 5.87. The maximum Gasteiger partial charge on any atom is 0.337 e. The number of nitrogens with one attached hydrogen (secondary N) is 1. The van der Waals surface area contributed by atoms with Crippen molar-refractivity contribution in [3.63, 3.8) is 0 Å². The molecule has 12 nitrogen and oxygen atoms in total. The summed E-state index contributed by atoms with van der Waals surface area (Å²) in [4.78, 5) is 35.4. The number of carboxylic acid groups (broad SMARTS) is 1. The lowest BCUT2D eigenvalue weighted by Gasteiger charge is -2.39. The number of benzene rings is 2. The molecule has 2 aromatic carbocycles. The molecule has 212 valence electrons.